The molecule has 3 rings (SSSR count). The van der Waals surface area contributed by atoms with Crippen LogP contribution in [0.15, 0.2) is 18.3 Å². The molecule has 2 aromatic rings. The van der Waals surface area contributed by atoms with Gasteiger partial charge in [0.05, 0.1) is 11.6 Å². The molecule has 0 spiro atoms. The van der Waals surface area contributed by atoms with Crippen LogP contribution in [0.3, 0.4) is 0 Å². The minimum Gasteiger partial charge on any atom is -0.365 e. The molecule has 1 atom stereocenters. The first-order valence-corrected chi connectivity index (χ1v) is 7.84. The molecule has 1 fully saturated rings. The van der Waals surface area contributed by atoms with Crippen molar-refractivity contribution >= 4 is 23.3 Å². The third-order valence-corrected chi connectivity index (χ3v) is 4.20. The van der Waals surface area contributed by atoms with Crippen molar-refractivity contribution in [2.75, 3.05) is 18.0 Å². The van der Waals surface area contributed by atoms with Crippen LogP contribution in [0.5, 0.6) is 0 Å². The molecule has 1 aliphatic heterocycles. The number of hydrogen-bond donors (Lipinski definition) is 1. The zero-order valence-corrected chi connectivity index (χ0v) is 13.6. The van der Waals surface area contributed by atoms with Gasteiger partial charge in [-0.2, -0.15) is 18.3 Å². The Bertz CT molecular complexity index is 793. The number of rotatable bonds is 3. The van der Waals surface area contributed by atoms with E-state index in [0.717, 1.165) is 16.9 Å². The lowest BCUT2D eigenvalue weighted by Crippen LogP contribution is -2.39. The van der Waals surface area contributed by atoms with Crippen LogP contribution in [0.2, 0.25) is 5.15 Å². The summed E-state index contributed by atoms with van der Waals surface area (Å²) >= 11 is 5.74. The molecule has 1 amide bonds. The van der Waals surface area contributed by atoms with Gasteiger partial charge in [0, 0.05) is 19.3 Å². The lowest BCUT2D eigenvalue weighted by molar-refractivity contribution is -0.145. The third kappa shape index (κ3) is 3.53. The molecule has 0 aliphatic carbocycles. The number of aromatic nitrogens is 4. The van der Waals surface area contributed by atoms with Gasteiger partial charge in [0.2, 0.25) is 0 Å². The number of primary amides is 1. The second-order valence-corrected chi connectivity index (χ2v) is 6.06. The fourth-order valence-electron chi connectivity index (χ4n) is 2.95. The minimum absolute atomic E-state index is 0.0116. The summed E-state index contributed by atoms with van der Waals surface area (Å²) in [5.41, 5.74) is 4.61. The van der Waals surface area contributed by atoms with E-state index >= 15 is 0 Å². The minimum atomic E-state index is -4.49. The summed E-state index contributed by atoms with van der Waals surface area (Å²) in [6, 6.07) is 1.72. The summed E-state index contributed by atoms with van der Waals surface area (Å²) in [6.45, 7) is 0.705. The summed E-state index contributed by atoms with van der Waals surface area (Å²) in [6.07, 6.45) is -2.24. The molecule has 1 unspecified atom stereocenters. The number of amides is 1. The van der Waals surface area contributed by atoms with Crippen molar-refractivity contribution < 1.29 is 18.0 Å². The summed E-state index contributed by atoms with van der Waals surface area (Å²) in [4.78, 5) is 13.3. The quantitative estimate of drug-likeness (QED) is 0.890. The number of nitrogens with zero attached hydrogens (tertiary/aromatic N) is 5. The Hall–Kier alpha value is -2.36. The van der Waals surface area contributed by atoms with E-state index in [0.29, 0.717) is 19.4 Å². The van der Waals surface area contributed by atoms with Crippen molar-refractivity contribution in [2.45, 2.75) is 25.1 Å². The number of carbonyl (C=O) groups excluding carboxylic acids is 1. The van der Waals surface area contributed by atoms with E-state index in [4.69, 9.17) is 17.3 Å². The average Bonchev–Trinajstić information content (AvgIpc) is 3.05. The topological polar surface area (TPSA) is 89.9 Å². The Labute approximate surface area is 145 Å². The number of nitrogens with two attached hydrogens (primary N) is 1. The maximum absolute atomic E-state index is 13.1. The van der Waals surface area contributed by atoms with Crippen molar-refractivity contribution in [3.63, 3.8) is 0 Å². The molecule has 1 saturated heterocycles. The van der Waals surface area contributed by atoms with Crippen LogP contribution in [0.4, 0.5) is 19.0 Å². The molecule has 0 saturated carbocycles. The monoisotopic (exact) mass is 374 g/mol. The van der Waals surface area contributed by atoms with Crippen molar-refractivity contribution in [1.82, 2.24) is 20.0 Å². The molecule has 25 heavy (non-hydrogen) atoms. The van der Waals surface area contributed by atoms with Gasteiger partial charge >= 0.3 is 6.18 Å². The van der Waals surface area contributed by atoms with Crippen molar-refractivity contribution in [3.05, 3.63) is 34.7 Å². The van der Waals surface area contributed by atoms with E-state index in [2.05, 4.69) is 15.3 Å². The SMILES string of the molecule is NC(=O)c1cc(Cl)nnc1N1CCCC(n2nccc2C(F)(F)F)C1. The van der Waals surface area contributed by atoms with E-state index in [1.165, 1.54) is 6.07 Å². The highest BCUT2D eigenvalue weighted by atomic mass is 35.5. The molecule has 7 nitrogen and oxygen atoms in total. The summed E-state index contributed by atoms with van der Waals surface area (Å²) < 4.78 is 40.3. The Balaban J connectivity index is 1.91. The van der Waals surface area contributed by atoms with Crippen LogP contribution in [0, 0.1) is 0 Å². The van der Waals surface area contributed by atoms with Crippen LogP contribution in [0.25, 0.3) is 0 Å². The number of anilines is 1. The van der Waals surface area contributed by atoms with E-state index in [-0.39, 0.29) is 23.1 Å². The number of piperidine rings is 1. The van der Waals surface area contributed by atoms with Gasteiger partial charge in [0.15, 0.2) is 11.0 Å². The van der Waals surface area contributed by atoms with Crippen LogP contribution in [-0.2, 0) is 6.18 Å². The molecule has 1 aliphatic rings. The molecular weight excluding hydrogens is 361 g/mol. The Kier molecular flexibility index (Phi) is 4.55. The molecule has 11 heteroatoms. The van der Waals surface area contributed by atoms with Crippen molar-refractivity contribution in [2.24, 2.45) is 5.73 Å². The molecule has 2 aromatic heterocycles. The summed E-state index contributed by atoms with van der Waals surface area (Å²) in [5, 5.41) is 11.4. The first kappa shape index (κ1) is 17.5. The fourth-order valence-corrected chi connectivity index (χ4v) is 3.10. The van der Waals surface area contributed by atoms with Gasteiger partial charge in [-0.25, -0.2) is 0 Å². The second-order valence-electron chi connectivity index (χ2n) is 5.67. The highest BCUT2D eigenvalue weighted by molar-refractivity contribution is 6.29. The first-order chi connectivity index (χ1) is 11.8. The molecule has 0 aromatic carbocycles. The highest BCUT2D eigenvalue weighted by Gasteiger charge is 2.37. The maximum atomic E-state index is 13.1. The number of hydrogen-bond acceptors (Lipinski definition) is 5. The molecule has 2 N–H and O–H groups in total. The van der Waals surface area contributed by atoms with Gasteiger partial charge in [0.25, 0.3) is 5.91 Å². The van der Waals surface area contributed by atoms with Crippen LogP contribution in [0.1, 0.15) is 34.9 Å². The van der Waals surface area contributed by atoms with E-state index in [1.807, 2.05) is 0 Å². The fraction of sp³-hybridized carbons (Fsp3) is 0.429. The lowest BCUT2D eigenvalue weighted by Gasteiger charge is -2.34. The number of alkyl halides is 3. The predicted octanol–water partition coefficient (Wildman–Crippen LogP) is 2.29. The van der Waals surface area contributed by atoms with Crippen molar-refractivity contribution in [3.8, 4) is 0 Å². The molecule has 0 radical (unpaired) electrons. The number of carbonyl (C=O) groups is 1. The van der Waals surface area contributed by atoms with Crippen LogP contribution in [-0.4, -0.2) is 39.0 Å². The van der Waals surface area contributed by atoms with E-state index in [1.54, 1.807) is 4.90 Å². The predicted molar refractivity (Wildman–Crippen MR) is 83.3 cm³/mol. The highest BCUT2D eigenvalue weighted by Crippen LogP contribution is 2.34. The van der Waals surface area contributed by atoms with Crippen LogP contribution >= 0.6 is 11.6 Å². The Morgan fingerprint density at radius 1 is 1.36 bits per heavy atom. The first-order valence-electron chi connectivity index (χ1n) is 7.46. The second kappa shape index (κ2) is 6.51. The van der Waals surface area contributed by atoms with Gasteiger partial charge < -0.3 is 10.6 Å². The molecule has 3 heterocycles. The molecular formula is C14H14ClF3N6O. The lowest BCUT2D eigenvalue weighted by atomic mass is 10.0. The molecule has 134 valence electrons. The average molecular weight is 375 g/mol. The zero-order valence-electron chi connectivity index (χ0n) is 12.9. The maximum Gasteiger partial charge on any atom is 0.433 e. The standard InChI is InChI=1S/C14H14ClF3N6O/c15-11-6-9(12(19)25)13(22-21-11)23-5-1-2-8(7-23)24-10(3-4-20-24)14(16,17)18/h3-4,6,8H,1-2,5,7H2,(H2,19,25). The van der Waals surface area contributed by atoms with Gasteiger partial charge in [0.1, 0.15) is 5.69 Å². The van der Waals surface area contributed by atoms with Gasteiger partial charge in [-0.1, -0.05) is 11.6 Å². The van der Waals surface area contributed by atoms with E-state index in [9.17, 15) is 18.0 Å². The van der Waals surface area contributed by atoms with Crippen molar-refractivity contribution in [1.29, 1.82) is 0 Å². The van der Waals surface area contributed by atoms with Gasteiger partial charge in [-0.05, 0) is 25.0 Å². The summed E-state index contributed by atoms with van der Waals surface area (Å²) in [5.74, 6) is -0.522. The van der Waals surface area contributed by atoms with Crippen LogP contribution < -0.4 is 10.6 Å². The van der Waals surface area contributed by atoms with E-state index < -0.39 is 23.8 Å². The number of halogens is 4. The summed E-state index contributed by atoms with van der Waals surface area (Å²) in [7, 11) is 0. The smallest absolute Gasteiger partial charge is 0.365 e. The van der Waals surface area contributed by atoms with Gasteiger partial charge in [-0.15, -0.1) is 10.2 Å². The zero-order chi connectivity index (χ0) is 18.2. The third-order valence-electron chi connectivity index (χ3n) is 4.01. The Morgan fingerprint density at radius 3 is 2.80 bits per heavy atom. The largest absolute Gasteiger partial charge is 0.433 e. The Morgan fingerprint density at radius 2 is 2.12 bits per heavy atom. The molecule has 0 bridgehead atoms. The normalized spacial score (nSPS) is 18.4. The van der Waals surface area contributed by atoms with Gasteiger partial charge in [-0.3, -0.25) is 9.48 Å².